The summed E-state index contributed by atoms with van der Waals surface area (Å²) in [7, 11) is 0. The highest BCUT2D eigenvalue weighted by Gasteiger charge is 2.26. The number of carbonyl (C=O) groups is 1. The lowest BCUT2D eigenvalue weighted by atomic mass is 9.89. The van der Waals surface area contributed by atoms with Gasteiger partial charge in [0.2, 0.25) is 0 Å². The van der Waals surface area contributed by atoms with Gasteiger partial charge in [0.05, 0.1) is 5.52 Å². The number of halogens is 1. The first-order valence-corrected chi connectivity index (χ1v) is 9.43. The molecule has 2 aromatic carbocycles. The molecular weight excluding hydrogens is 344 g/mol. The van der Waals surface area contributed by atoms with Gasteiger partial charge in [0.1, 0.15) is 0 Å². The molecule has 0 amide bonds. The van der Waals surface area contributed by atoms with Crippen molar-refractivity contribution in [3.05, 3.63) is 76.9 Å². The second kappa shape index (κ2) is 7.56. The fraction of sp³-hybridized carbons (Fsp3) is 0.273. The molecule has 3 aromatic rings. The lowest BCUT2D eigenvalue weighted by Crippen LogP contribution is -2.38. The number of rotatable bonds is 4. The fourth-order valence-electron chi connectivity index (χ4n) is 3.80. The number of ketones is 1. The Labute approximate surface area is 158 Å². The van der Waals surface area contributed by atoms with Crippen LogP contribution in [0.2, 0.25) is 5.02 Å². The summed E-state index contributed by atoms with van der Waals surface area (Å²) in [4.78, 5) is 19.8. The predicted octanol–water partition coefficient (Wildman–Crippen LogP) is 4.98. The highest BCUT2D eigenvalue weighted by molar-refractivity contribution is 6.30. The molecule has 0 spiro atoms. The molecule has 3 nitrogen and oxygen atoms in total. The normalized spacial score (nSPS) is 18.1. The van der Waals surface area contributed by atoms with Gasteiger partial charge in [-0.05, 0) is 55.3 Å². The van der Waals surface area contributed by atoms with Crippen LogP contribution in [0.4, 0.5) is 0 Å². The van der Waals surface area contributed by atoms with Crippen molar-refractivity contribution in [3.63, 3.8) is 0 Å². The quantitative estimate of drug-likeness (QED) is 0.612. The van der Waals surface area contributed by atoms with E-state index in [9.17, 15) is 4.79 Å². The van der Waals surface area contributed by atoms with Gasteiger partial charge >= 0.3 is 0 Å². The molecule has 0 aliphatic carbocycles. The molecule has 26 heavy (non-hydrogen) atoms. The molecule has 0 saturated carbocycles. The second-order valence-electron chi connectivity index (χ2n) is 6.94. The van der Waals surface area contributed by atoms with Gasteiger partial charge in [-0.25, -0.2) is 0 Å². The van der Waals surface area contributed by atoms with Crippen molar-refractivity contribution in [3.8, 4) is 0 Å². The largest absolute Gasteiger partial charge is 0.298 e. The first-order chi connectivity index (χ1) is 12.7. The van der Waals surface area contributed by atoms with Gasteiger partial charge in [0, 0.05) is 41.2 Å². The average Bonchev–Trinajstić information content (AvgIpc) is 2.69. The molecule has 0 unspecified atom stereocenters. The maximum Gasteiger partial charge on any atom is 0.167 e. The Morgan fingerprint density at radius 2 is 1.92 bits per heavy atom. The van der Waals surface area contributed by atoms with Crippen LogP contribution in [0.25, 0.3) is 10.9 Å². The number of para-hydroxylation sites is 1. The number of likely N-dealkylation sites (tertiary alicyclic amines) is 1. The molecule has 1 fully saturated rings. The number of carbonyl (C=O) groups excluding carboxylic acids is 1. The van der Waals surface area contributed by atoms with Gasteiger partial charge < -0.3 is 0 Å². The minimum absolute atomic E-state index is 0.0489. The molecule has 1 saturated heterocycles. The van der Waals surface area contributed by atoms with Gasteiger partial charge in [0.15, 0.2) is 5.78 Å². The van der Waals surface area contributed by atoms with E-state index in [1.165, 1.54) is 5.56 Å². The van der Waals surface area contributed by atoms with Crippen molar-refractivity contribution in [1.29, 1.82) is 0 Å². The summed E-state index contributed by atoms with van der Waals surface area (Å²) in [5.74, 6) is 0.273. The van der Waals surface area contributed by atoms with E-state index in [2.05, 4.69) is 34.1 Å². The van der Waals surface area contributed by atoms with E-state index in [-0.39, 0.29) is 11.7 Å². The maximum absolute atomic E-state index is 12.8. The maximum atomic E-state index is 12.8. The van der Waals surface area contributed by atoms with E-state index < -0.39 is 0 Å². The molecule has 2 heterocycles. The van der Waals surface area contributed by atoms with Crippen molar-refractivity contribution in [2.75, 3.05) is 13.1 Å². The smallest absolute Gasteiger partial charge is 0.167 e. The Morgan fingerprint density at radius 3 is 2.77 bits per heavy atom. The molecule has 0 radical (unpaired) electrons. The zero-order valence-corrected chi connectivity index (χ0v) is 15.3. The van der Waals surface area contributed by atoms with Crippen LogP contribution >= 0.6 is 11.6 Å². The molecule has 1 aliphatic heterocycles. The number of fused-ring (bicyclic) bond motifs is 1. The number of aromatic nitrogens is 1. The SMILES string of the molecule is O=C(c1ccc(Cl)cc1)[C@@H]1CCCN(Cc2cccc3cccnc23)C1. The van der Waals surface area contributed by atoms with Gasteiger partial charge in [-0.3, -0.25) is 14.7 Å². The van der Waals surface area contributed by atoms with Crippen LogP contribution in [0.5, 0.6) is 0 Å². The Morgan fingerprint density at radius 1 is 1.12 bits per heavy atom. The van der Waals surface area contributed by atoms with E-state index in [0.717, 1.165) is 48.9 Å². The van der Waals surface area contributed by atoms with Crippen molar-refractivity contribution < 1.29 is 4.79 Å². The molecule has 132 valence electrons. The third-order valence-electron chi connectivity index (χ3n) is 5.12. The molecule has 1 atom stereocenters. The third-order valence-corrected chi connectivity index (χ3v) is 5.37. The van der Waals surface area contributed by atoms with Gasteiger partial charge in [-0.2, -0.15) is 0 Å². The minimum Gasteiger partial charge on any atom is -0.298 e. The number of piperidine rings is 1. The molecule has 0 N–H and O–H groups in total. The molecule has 1 aromatic heterocycles. The van der Waals surface area contributed by atoms with E-state index in [1.807, 2.05) is 24.4 Å². The summed E-state index contributed by atoms with van der Waals surface area (Å²) in [6, 6.07) is 17.6. The van der Waals surface area contributed by atoms with E-state index >= 15 is 0 Å². The number of benzene rings is 2. The van der Waals surface area contributed by atoms with Crippen LogP contribution in [-0.2, 0) is 6.54 Å². The van der Waals surface area contributed by atoms with Crippen LogP contribution in [0.15, 0.2) is 60.8 Å². The average molecular weight is 365 g/mol. The predicted molar refractivity (Wildman–Crippen MR) is 106 cm³/mol. The van der Waals surface area contributed by atoms with E-state index in [0.29, 0.717) is 5.02 Å². The Kier molecular flexibility index (Phi) is 5.00. The van der Waals surface area contributed by atoms with Crippen molar-refractivity contribution in [1.82, 2.24) is 9.88 Å². The molecule has 1 aliphatic rings. The van der Waals surface area contributed by atoms with Gasteiger partial charge in [-0.15, -0.1) is 0 Å². The summed E-state index contributed by atoms with van der Waals surface area (Å²) < 4.78 is 0. The fourth-order valence-corrected chi connectivity index (χ4v) is 3.92. The first-order valence-electron chi connectivity index (χ1n) is 9.05. The van der Waals surface area contributed by atoms with Crippen LogP contribution in [0, 0.1) is 5.92 Å². The zero-order chi connectivity index (χ0) is 17.9. The van der Waals surface area contributed by atoms with Crippen molar-refractivity contribution in [2.24, 2.45) is 5.92 Å². The first kappa shape index (κ1) is 17.2. The van der Waals surface area contributed by atoms with Crippen molar-refractivity contribution in [2.45, 2.75) is 19.4 Å². The summed E-state index contributed by atoms with van der Waals surface area (Å²) in [5, 5.41) is 1.83. The lowest BCUT2D eigenvalue weighted by molar-refractivity contribution is 0.0812. The summed E-state index contributed by atoms with van der Waals surface area (Å²) >= 11 is 5.94. The Bertz CT molecular complexity index is 918. The van der Waals surface area contributed by atoms with Crippen LogP contribution in [0.3, 0.4) is 0 Å². The van der Waals surface area contributed by atoms with Crippen molar-refractivity contribution >= 4 is 28.3 Å². The monoisotopic (exact) mass is 364 g/mol. The number of hydrogen-bond donors (Lipinski definition) is 0. The molecule has 0 bridgehead atoms. The molecular formula is C22H21ClN2O. The molecule has 4 rings (SSSR count). The summed E-state index contributed by atoms with van der Waals surface area (Å²) in [6.07, 6.45) is 3.84. The third kappa shape index (κ3) is 3.64. The molecule has 4 heteroatoms. The topological polar surface area (TPSA) is 33.2 Å². The Hall–Kier alpha value is -2.23. The second-order valence-corrected chi connectivity index (χ2v) is 7.37. The standard InChI is InChI=1S/C22H21ClN2O/c23-20-10-8-17(9-11-20)22(26)19-7-3-13-25(15-19)14-18-5-1-4-16-6-2-12-24-21(16)18/h1-2,4-6,8-12,19H,3,7,13-15H2/t19-/m1/s1. The number of nitrogens with zero attached hydrogens (tertiary/aromatic N) is 2. The Balaban J connectivity index is 1.50. The minimum atomic E-state index is 0.0489. The summed E-state index contributed by atoms with van der Waals surface area (Å²) in [5.41, 5.74) is 3.04. The van der Waals surface area contributed by atoms with Gasteiger partial charge in [0.25, 0.3) is 0 Å². The van der Waals surface area contributed by atoms with E-state index in [4.69, 9.17) is 11.6 Å². The van der Waals surface area contributed by atoms with Crippen LogP contribution < -0.4 is 0 Å². The van der Waals surface area contributed by atoms with Crippen LogP contribution in [-0.4, -0.2) is 28.8 Å². The number of Topliss-reactive ketones (excluding diaryl/α,β-unsaturated/α-hetero) is 1. The van der Waals surface area contributed by atoms with Crippen LogP contribution in [0.1, 0.15) is 28.8 Å². The zero-order valence-electron chi connectivity index (χ0n) is 14.6. The van der Waals surface area contributed by atoms with Gasteiger partial charge in [-0.1, -0.05) is 35.9 Å². The number of hydrogen-bond acceptors (Lipinski definition) is 3. The summed E-state index contributed by atoms with van der Waals surface area (Å²) in [6.45, 7) is 2.65. The highest BCUT2D eigenvalue weighted by Crippen LogP contribution is 2.25. The lowest BCUT2D eigenvalue weighted by Gasteiger charge is -2.32. The highest BCUT2D eigenvalue weighted by atomic mass is 35.5. The van der Waals surface area contributed by atoms with E-state index in [1.54, 1.807) is 12.1 Å². The number of pyridine rings is 1.